The normalized spacial score (nSPS) is 10.8. The lowest BCUT2D eigenvalue weighted by Gasteiger charge is -2.22. The third-order valence-corrected chi connectivity index (χ3v) is 5.69. The highest BCUT2D eigenvalue weighted by Crippen LogP contribution is 2.38. The molecule has 2 heterocycles. The molecule has 0 radical (unpaired) electrons. The van der Waals surface area contributed by atoms with Crippen molar-refractivity contribution in [3.63, 3.8) is 0 Å². The molecule has 0 unspecified atom stereocenters. The minimum absolute atomic E-state index is 0.271. The number of aromatic nitrogens is 3. The summed E-state index contributed by atoms with van der Waals surface area (Å²) in [5, 5.41) is 29.8. The van der Waals surface area contributed by atoms with E-state index >= 15 is 0 Å². The first-order chi connectivity index (χ1) is 16.4. The predicted molar refractivity (Wildman–Crippen MR) is 131 cm³/mol. The van der Waals surface area contributed by atoms with Crippen molar-refractivity contribution in [2.75, 3.05) is 33.3 Å². The van der Waals surface area contributed by atoms with Crippen molar-refractivity contribution in [3.8, 4) is 28.5 Å². The Morgan fingerprint density at radius 3 is 2.35 bits per heavy atom. The Hall–Kier alpha value is -3.89. The first-order valence-corrected chi connectivity index (χ1v) is 10.5. The summed E-state index contributed by atoms with van der Waals surface area (Å²) in [6, 6.07) is 13.1. The zero-order valence-electron chi connectivity index (χ0n) is 19.6. The Labute approximate surface area is 197 Å². The molecule has 0 aliphatic rings. The van der Waals surface area contributed by atoms with Gasteiger partial charge in [0.25, 0.3) is 0 Å². The van der Waals surface area contributed by atoms with Gasteiger partial charge < -0.3 is 29.2 Å². The molecule has 0 aliphatic carbocycles. The van der Waals surface area contributed by atoms with E-state index in [1.54, 1.807) is 20.3 Å². The van der Waals surface area contributed by atoms with Gasteiger partial charge >= 0.3 is 7.12 Å². The Morgan fingerprint density at radius 1 is 0.882 bits per heavy atom. The number of pyridine rings is 1. The summed E-state index contributed by atoms with van der Waals surface area (Å²) in [4.78, 5) is 6.13. The molecule has 34 heavy (non-hydrogen) atoms. The van der Waals surface area contributed by atoms with Gasteiger partial charge in [0.1, 0.15) is 11.5 Å². The average molecular weight is 460 g/mol. The Bertz CT molecular complexity index is 1350. The maximum atomic E-state index is 9.59. The molecule has 2 aromatic carbocycles. The van der Waals surface area contributed by atoms with Gasteiger partial charge in [-0.1, -0.05) is 6.07 Å². The van der Waals surface area contributed by atoms with Crippen molar-refractivity contribution in [1.29, 1.82) is 0 Å². The third kappa shape index (κ3) is 4.20. The standard InChI is InChI=1S/C24H25BN4O5/c1-14-19-10-15(20-11-16(25(30)31)13-26-24(20)34-5)6-8-18(19)23(28-27-14)29(2)21-9-7-17(32-3)12-22(21)33-4/h6-13,30-31H,1-5H3. The summed E-state index contributed by atoms with van der Waals surface area (Å²) in [6.45, 7) is 1.89. The van der Waals surface area contributed by atoms with Gasteiger partial charge in [0.2, 0.25) is 5.88 Å². The van der Waals surface area contributed by atoms with Crippen molar-refractivity contribution in [2.24, 2.45) is 0 Å². The molecule has 2 N–H and O–H groups in total. The third-order valence-electron chi connectivity index (χ3n) is 5.69. The molecule has 9 nitrogen and oxygen atoms in total. The summed E-state index contributed by atoms with van der Waals surface area (Å²) in [5.74, 6) is 2.37. The topological polar surface area (TPSA) is 110 Å². The van der Waals surface area contributed by atoms with Gasteiger partial charge in [-0.3, -0.25) is 0 Å². The number of ether oxygens (including phenoxy) is 3. The number of aryl methyl sites for hydroxylation is 1. The lowest BCUT2D eigenvalue weighted by Crippen LogP contribution is -2.30. The summed E-state index contributed by atoms with van der Waals surface area (Å²) >= 11 is 0. The van der Waals surface area contributed by atoms with Crippen molar-refractivity contribution < 1.29 is 24.3 Å². The lowest BCUT2D eigenvalue weighted by atomic mass is 9.80. The summed E-state index contributed by atoms with van der Waals surface area (Å²) in [7, 11) is 5.00. The largest absolute Gasteiger partial charge is 0.497 e. The van der Waals surface area contributed by atoms with Crippen LogP contribution in [-0.2, 0) is 0 Å². The van der Waals surface area contributed by atoms with Gasteiger partial charge in [0, 0.05) is 41.1 Å². The van der Waals surface area contributed by atoms with Gasteiger partial charge in [-0.15, -0.1) is 5.10 Å². The van der Waals surface area contributed by atoms with E-state index in [9.17, 15) is 10.0 Å². The van der Waals surface area contributed by atoms with Crippen LogP contribution in [0.1, 0.15) is 5.69 Å². The second-order valence-electron chi connectivity index (χ2n) is 7.67. The summed E-state index contributed by atoms with van der Waals surface area (Å²) < 4.78 is 16.3. The minimum atomic E-state index is -1.63. The van der Waals surface area contributed by atoms with Crippen LogP contribution in [0.4, 0.5) is 11.5 Å². The molecule has 4 aromatic rings. The molecule has 0 bridgehead atoms. The molecular weight excluding hydrogens is 435 g/mol. The Morgan fingerprint density at radius 2 is 1.68 bits per heavy atom. The molecule has 0 saturated heterocycles. The zero-order valence-corrected chi connectivity index (χ0v) is 19.6. The van der Waals surface area contributed by atoms with Gasteiger partial charge in [-0.25, -0.2) is 4.98 Å². The molecule has 0 atom stereocenters. The van der Waals surface area contributed by atoms with Crippen LogP contribution in [0.25, 0.3) is 21.9 Å². The molecule has 10 heteroatoms. The molecule has 0 saturated carbocycles. The van der Waals surface area contributed by atoms with Gasteiger partial charge in [0.15, 0.2) is 5.82 Å². The average Bonchev–Trinajstić information content (AvgIpc) is 2.87. The lowest BCUT2D eigenvalue weighted by molar-refractivity contribution is 0.395. The molecular formula is C24H25BN4O5. The Balaban J connectivity index is 1.85. The van der Waals surface area contributed by atoms with Crippen molar-refractivity contribution >= 4 is 34.9 Å². The maximum absolute atomic E-state index is 9.59. The summed E-state index contributed by atoms with van der Waals surface area (Å²) in [5.41, 5.74) is 3.26. The van der Waals surface area contributed by atoms with Crippen molar-refractivity contribution in [2.45, 2.75) is 6.92 Å². The van der Waals surface area contributed by atoms with Gasteiger partial charge in [0.05, 0.1) is 32.7 Å². The van der Waals surface area contributed by atoms with E-state index in [2.05, 4.69) is 15.2 Å². The first-order valence-electron chi connectivity index (χ1n) is 10.5. The number of methoxy groups -OCH3 is 3. The predicted octanol–water partition coefficient (Wildman–Crippen LogP) is 2.47. The Kier molecular flexibility index (Phi) is 6.53. The van der Waals surface area contributed by atoms with Crippen LogP contribution in [0.5, 0.6) is 17.4 Å². The second-order valence-corrected chi connectivity index (χ2v) is 7.67. The number of hydrogen-bond donors (Lipinski definition) is 2. The number of hydrogen-bond acceptors (Lipinski definition) is 9. The van der Waals surface area contributed by atoms with E-state index in [0.29, 0.717) is 28.8 Å². The van der Waals surface area contributed by atoms with Crippen LogP contribution in [0.15, 0.2) is 48.7 Å². The highest BCUT2D eigenvalue weighted by molar-refractivity contribution is 6.58. The van der Waals surface area contributed by atoms with Gasteiger partial charge in [-0.2, -0.15) is 5.10 Å². The number of fused-ring (bicyclic) bond motifs is 1. The molecule has 0 amide bonds. The fourth-order valence-corrected chi connectivity index (χ4v) is 3.84. The highest BCUT2D eigenvalue weighted by atomic mass is 16.5. The van der Waals surface area contributed by atoms with E-state index in [4.69, 9.17) is 14.2 Å². The van der Waals surface area contributed by atoms with Crippen LogP contribution in [0.2, 0.25) is 0 Å². The molecule has 4 rings (SSSR count). The van der Waals surface area contributed by atoms with Gasteiger partial charge in [-0.05, 0) is 42.8 Å². The molecule has 2 aromatic heterocycles. The molecule has 174 valence electrons. The monoisotopic (exact) mass is 460 g/mol. The van der Waals surface area contributed by atoms with Crippen LogP contribution < -0.4 is 24.6 Å². The van der Waals surface area contributed by atoms with E-state index in [0.717, 1.165) is 27.7 Å². The zero-order chi connectivity index (χ0) is 24.4. The summed E-state index contributed by atoms with van der Waals surface area (Å²) in [6.07, 6.45) is 1.38. The molecule has 0 spiro atoms. The van der Waals surface area contributed by atoms with E-state index in [1.807, 2.05) is 55.3 Å². The first kappa shape index (κ1) is 23.3. The van der Waals surface area contributed by atoms with E-state index in [1.165, 1.54) is 13.3 Å². The van der Waals surface area contributed by atoms with Crippen LogP contribution in [0, 0.1) is 6.92 Å². The van der Waals surface area contributed by atoms with Crippen LogP contribution >= 0.6 is 0 Å². The second kappa shape index (κ2) is 9.54. The fraction of sp³-hybridized carbons (Fsp3) is 0.208. The van der Waals surface area contributed by atoms with E-state index < -0.39 is 7.12 Å². The van der Waals surface area contributed by atoms with Crippen LogP contribution in [-0.4, -0.2) is 60.7 Å². The molecule has 0 aliphatic heterocycles. The van der Waals surface area contributed by atoms with Crippen LogP contribution in [0.3, 0.4) is 0 Å². The highest BCUT2D eigenvalue weighted by Gasteiger charge is 2.19. The SMILES string of the molecule is COc1ccc(N(C)c2nnc(C)c3cc(-c4cc(B(O)O)cnc4OC)ccc23)c(OC)c1. The fourth-order valence-electron chi connectivity index (χ4n) is 3.84. The number of rotatable bonds is 7. The maximum Gasteiger partial charge on any atom is 0.490 e. The minimum Gasteiger partial charge on any atom is -0.497 e. The van der Waals surface area contributed by atoms with E-state index in [-0.39, 0.29) is 5.46 Å². The molecule has 0 fully saturated rings. The van der Waals surface area contributed by atoms with Crippen molar-refractivity contribution in [3.05, 3.63) is 54.4 Å². The quantitative estimate of drug-likeness (QED) is 0.402. The smallest absolute Gasteiger partial charge is 0.490 e. The number of benzene rings is 2. The number of nitrogens with zero attached hydrogens (tertiary/aromatic N) is 4. The van der Waals surface area contributed by atoms with Crippen molar-refractivity contribution in [1.82, 2.24) is 15.2 Å². The number of anilines is 2.